The molecule has 2 aliphatic rings. The number of carbonyl (C=O) groups is 2. The van der Waals surface area contributed by atoms with Gasteiger partial charge in [-0.2, -0.15) is 0 Å². The predicted molar refractivity (Wildman–Crippen MR) is 79.6 cm³/mol. The zero-order valence-electron chi connectivity index (χ0n) is 12.7. The number of nitrogens with one attached hydrogen (secondary N) is 1. The molecule has 0 amide bonds. The molecule has 0 atom stereocenters. The van der Waals surface area contributed by atoms with Gasteiger partial charge in [0.05, 0.1) is 0 Å². The summed E-state index contributed by atoms with van der Waals surface area (Å²) in [6.07, 6.45) is 0. The molecule has 0 aromatic carbocycles. The van der Waals surface area contributed by atoms with E-state index < -0.39 is 0 Å². The number of carbonyl (C=O) groups excluding carboxylic acids is 2. The summed E-state index contributed by atoms with van der Waals surface area (Å²) < 4.78 is 0. The van der Waals surface area contributed by atoms with Gasteiger partial charge in [-0.1, -0.05) is 0 Å². The molecule has 0 spiro atoms. The van der Waals surface area contributed by atoms with E-state index in [1.807, 2.05) is 13.6 Å². The van der Waals surface area contributed by atoms with Gasteiger partial charge in [0.1, 0.15) is 13.6 Å². The quantitative estimate of drug-likeness (QED) is 0.612. The fourth-order valence-corrected chi connectivity index (χ4v) is 1.68. The van der Waals surface area contributed by atoms with Crippen LogP contribution in [0.5, 0.6) is 0 Å². The van der Waals surface area contributed by atoms with Crippen molar-refractivity contribution in [2.24, 2.45) is 0 Å². The highest BCUT2D eigenvalue weighted by atomic mass is 16.1. The fraction of sp³-hybridized carbons (Fsp3) is 0.846. The number of rotatable bonds is 0. The van der Waals surface area contributed by atoms with Gasteiger partial charge in [0.25, 0.3) is 0 Å². The Kier molecular flexibility index (Phi) is 16.4. The van der Waals surface area contributed by atoms with Gasteiger partial charge in [-0.05, 0) is 21.1 Å². The summed E-state index contributed by atoms with van der Waals surface area (Å²) in [5.41, 5.74) is 0. The number of likely N-dealkylation sites (N-methyl/N-ethyl adjacent to an activating group) is 3. The summed E-state index contributed by atoms with van der Waals surface area (Å²) >= 11 is 0. The van der Waals surface area contributed by atoms with Crippen LogP contribution in [-0.4, -0.2) is 102 Å². The molecule has 0 aromatic rings. The van der Waals surface area contributed by atoms with Crippen LogP contribution in [0.1, 0.15) is 0 Å². The first-order valence-corrected chi connectivity index (χ1v) is 6.52. The van der Waals surface area contributed by atoms with E-state index in [1.165, 1.54) is 39.3 Å². The first kappa shape index (κ1) is 20.5. The van der Waals surface area contributed by atoms with Crippen molar-refractivity contribution in [3.05, 3.63) is 0 Å². The van der Waals surface area contributed by atoms with Crippen LogP contribution in [-0.2, 0) is 9.59 Å². The Bertz CT molecular complexity index is 169. The van der Waals surface area contributed by atoms with Crippen LogP contribution < -0.4 is 5.32 Å². The zero-order chi connectivity index (χ0) is 15.1. The molecular formula is C13H30N4O2. The molecule has 0 aliphatic carbocycles. The monoisotopic (exact) mass is 274 g/mol. The molecule has 19 heavy (non-hydrogen) atoms. The number of hydrogen-bond donors (Lipinski definition) is 1. The van der Waals surface area contributed by atoms with E-state index >= 15 is 0 Å². The SMILES string of the molecule is C=O.C=O.CN1CCN(C)CC1.CN1CCNCC1. The van der Waals surface area contributed by atoms with Crippen LogP contribution in [0.25, 0.3) is 0 Å². The molecule has 2 heterocycles. The largest absolute Gasteiger partial charge is 0.314 e. The molecule has 2 aliphatic heterocycles. The first-order chi connectivity index (χ1) is 9.18. The highest BCUT2D eigenvalue weighted by molar-refractivity contribution is 5.11. The molecule has 0 saturated carbocycles. The van der Waals surface area contributed by atoms with Crippen LogP contribution in [0.3, 0.4) is 0 Å². The summed E-state index contributed by atoms with van der Waals surface area (Å²) in [7, 11) is 6.50. The molecule has 2 rings (SSSR count). The lowest BCUT2D eigenvalue weighted by Gasteiger charge is -2.28. The zero-order valence-corrected chi connectivity index (χ0v) is 12.7. The predicted octanol–water partition coefficient (Wildman–Crippen LogP) is -0.985. The van der Waals surface area contributed by atoms with Crippen molar-refractivity contribution in [1.82, 2.24) is 20.0 Å². The van der Waals surface area contributed by atoms with Crippen LogP contribution >= 0.6 is 0 Å². The van der Waals surface area contributed by atoms with E-state index in [4.69, 9.17) is 9.59 Å². The third-order valence-corrected chi connectivity index (χ3v) is 3.07. The second-order valence-corrected chi connectivity index (χ2v) is 4.66. The smallest absolute Gasteiger partial charge is 0.106 e. The molecule has 6 nitrogen and oxygen atoms in total. The van der Waals surface area contributed by atoms with E-state index in [-0.39, 0.29) is 0 Å². The van der Waals surface area contributed by atoms with Gasteiger partial charge in [0, 0.05) is 52.4 Å². The van der Waals surface area contributed by atoms with Gasteiger partial charge in [-0.3, -0.25) is 0 Å². The Morgan fingerprint density at radius 3 is 1.11 bits per heavy atom. The molecule has 0 bridgehead atoms. The van der Waals surface area contributed by atoms with Crippen molar-refractivity contribution in [3.8, 4) is 0 Å². The number of nitrogens with zero attached hydrogens (tertiary/aromatic N) is 3. The average molecular weight is 274 g/mol. The Balaban J connectivity index is 0. The molecule has 2 saturated heterocycles. The lowest BCUT2D eigenvalue weighted by molar-refractivity contribution is -0.0987. The maximum atomic E-state index is 8.00. The second-order valence-electron chi connectivity index (χ2n) is 4.66. The maximum Gasteiger partial charge on any atom is 0.106 e. The van der Waals surface area contributed by atoms with E-state index in [0.29, 0.717) is 0 Å². The van der Waals surface area contributed by atoms with Crippen molar-refractivity contribution < 1.29 is 9.59 Å². The Labute approximate surface area is 117 Å². The minimum absolute atomic E-state index is 1.16. The van der Waals surface area contributed by atoms with Crippen LogP contribution in [0.15, 0.2) is 0 Å². The number of piperazine rings is 2. The minimum atomic E-state index is 1.16. The maximum absolute atomic E-state index is 8.00. The topological polar surface area (TPSA) is 55.9 Å². The standard InChI is InChI=1S/C6H14N2.C5H12N2.2CH2O/c1-7-3-5-8(2)6-4-7;1-7-4-2-6-3-5-7;2*1-2/h3-6H2,1-2H3;6H,2-5H2,1H3;2*1H2. The van der Waals surface area contributed by atoms with Crippen LogP contribution in [0.2, 0.25) is 0 Å². The van der Waals surface area contributed by atoms with E-state index in [2.05, 4.69) is 41.2 Å². The normalized spacial score (nSPS) is 20.8. The molecule has 0 unspecified atom stereocenters. The molecule has 0 aromatic heterocycles. The lowest BCUT2D eigenvalue weighted by Crippen LogP contribution is -2.42. The Morgan fingerprint density at radius 2 is 0.895 bits per heavy atom. The molecule has 0 radical (unpaired) electrons. The second kappa shape index (κ2) is 15.2. The highest BCUT2D eigenvalue weighted by Crippen LogP contribution is 1.93. The van der Waals surface area contributed by atoms with Gasteiger partial charge in [0.2, 0.25) is 0 Å². The van der Waals surface area contributed by atoms with Gasteiger partial charge in [-0.25, -0.2) is 0 Å². The molecule has 2 fully saturated rings. The fourth-order valence-electron chi connectivity index (χ4n) is 1.68. The molecular weight excluding hydrogens is 244 g/mol. The van der Waals surface area contributed by atoms with E-state index in [9.17, 15) is 0 Å². The molecule has 1 N–H and O–H groups in total. The summed E-state index contributed by atoms with van der Waals surface area (Å²) in [6, 6.07) is 0. The summed E-state index contributed by atoms with van der Waals surface area (Å²) in [5, 5.41) is 3.27. The van der Waals surface area contributed by atoms with Crippen molar-refractivity contribution in [3.63, 3.8) is 0 Å². The van der Waals surface area contributed by atoms with Crippen molar-refractivity contribution in [2.75, 3.05) is 73.5 Å². The first-order valence-electron chi connectivity index (χ1n) is 6.52. The van der Waals surface area contributed by atoms with E-state index in [0.717, 1.165) is 13.1 Å². The minimum Gasteiger partial charge on any atom is -0.314 e. The number of hydrogen-bond acceptors (Lipinski definition) is 6. The van der Waals surface area contributed by atoms with Crippen LogP contribution in [0, 0.1) is 0 Å². The summed E-state index contributed by atoms with van der Waals surface area (Å²) in [5.74, 6) is 0. The van der Waals surface area contributed by atoms with Gasteiger partial charge >= 0.3 is 0 Å². The summed E-state index contributed by atoms with van der Waals surface area (Å²) in [4.78, 5) is 23.1. The average Bonchev–Trinajstić information content (AvgIpc) is 2.48. The third-order valence-electron chi connectivity index (χ3n) is 3.07. The summed E-state index contributed by atoms with van der Waals surface area (Å²) in [6.45, 7) is 13.7. The Morgan fingerprint density at radius 1 is 0.632 bits per heavy atom. The lowest BCUT2D eigenvalue weighted by atomic mass is 10.4. The van der Waals surface area contributed by atoms with Gasteiger partial charge in [-0.15, -0.1) is 0 Å². The van der Waals surface area contributed by atoms with Gasteiger partial charge < -0.3 is 29.6 Å². The molecule has 114 valence electrons. The van der Waals surface area contributed by atoms with E-state index in [1.54, 1.807) is 0 Å². The van der Waals surface area contributed by atoms with Crippen molar-refractivity contribution in [2.45, 2.75) is 0 Å². The van der Waals surface area contributed by atoms with Crippen molar-refractivity contribution in [1.29, 1.82) is 0 Å². The van der Waals surface area contributed by atoms with Crippen LogP contribution in [0.4, 0.5) is 0 Å². The highest BCUT2D eigenvalue weighted by Gasteiger charge is 2.07. The molecule has 6 heteroatoms. The van der Waals surface area contributed by atoms with Crippen molar-refractivity contribution >= 4 is 13.6 Å². The van der Waals surface area contributed by atoms with Gasteiger partial charge in [0.15, 0.2) is 0 Å². The third kappa shape index (κ3) is 13.4. The Hall–Kier alpha value is -0.820.